The number of carbonyl (C=O) groups is 2. The Morgan fingerprint density at radius 3 is 2.08 bits per heavy atom. The van der Waals surface area contributed by atoms with Crippen molar-refractivity contribution in [3.8, 4) is 21.7 Å². The molecule has 0 aliphatic carbocycles. The molecular weight excluding hydrogens is 1070 g/mol. The molecule has 0 radical (unpaired) electrons. The molecule has 8 rings (SSSR count). The molecule has 16 nitrogen and oxygen atoms in total. The minimum Gasteiger partial charge on any atom is -0.392 e. The number of likely N-dealkylation sites (tertiary alicyclic amines) is 1. The first-order valence-electron chi connectivity index (χ1n) is 30.6. The minimum atomic E-state index is -0.508. The third kappa shape index (κ3) is 20.9. The van der Waals surface area contributed by atoms with E-state index in [1.807, 2.05) is 86.1 Å². The van der Waals surface area contributed by atoms with E-state index in [0.29, 0.717) is 69.7 Å². The van der Waals surface area contributed by atoms with Crippen LogP contribution >= 0.6 is 11.3 Å². The first kappa shape index (κ1) is 64.0. The van der Waals surface area contributed by atoms with E-state index in [2.05, 4.69) is 103 Å². The van der Waals surface area contributed by atoms with Gasteiger partial charge >= 0.3 is 0 Å². The Hall–Kier alpha value is -5.99. The van der Waals surface area contributed by atoms with Gasteiger partial charge < -0.3 is 45.5 Å². The van der Waals surface area contributed by atoms with Gasteiger partial charge in [0.25, 0.3) is 5.91 Å². The van der Waals surface area contributed by atoms with Gasteiger partial charge in [-0.05, 0) is 117 Å². The number of carbonyl (C=O) groups excluding carboxylic acids is 2. The van der Waals surface area contributed by atoms with Crippen LogP contribution in [0.5, 0.6) is 0 Å². The molecule has 4 aromatic carbocycles. The summed E-state index contributed by atoms with van der Waals surface area (Å²) in [5.41, 5.74) is 11.3. The Morgan fingerprint density at radius 1 is 0.726 bits per heavy atom. The predicted octanol–water partition coefficient (Wildman–Crippen LogP) is 10.9. The zero-order valence-electron chi connectivity index (χ0n) is 50.5. The molecule has 2 aliphatic heterocycles. The Balaban J connectivity index is 0.582. The molecule has 0 unspecified atom stereocenters. The number of aliphatic hydroxyl groups is 1. The number of thiazole rings is 1. The summed E-state index contributed by atoms with van der Waals surface area (Å²) < 4.78 is 17.4. The van der Waals surface area contributed by atoms with E-state index in [1.165, 1.54) is 29.7 Å². The summed E-state index contributed by atoms with van der Waals surface area (Å²) in [6.45, 7) is 23.5. The molecule has 2 saturated heterocycles. The minimum absolute atomic E-state index is 0.00776. The van der Waals surface area contributed by atoms with Gasteiger partial charge in [-0.1, -0.05) is 119 Å². The van der Waals surface area contributed by atoms with Gasteiger partial charge in [-0.3, -0.25) is 19.4 Å². The van der Waals surface area contributed by atoms with Gasteiger partial charge in [0.1, 0.15) is 0 Å². The molecule has 4 heterocycles. The van der Waals surface area contributed by atoms with Gasteiger partial charge in [0.15, 0.2) is 0 Å². The number of piperazine rings is 1. The molecular formula is C67H92N10O6S. The molecule has 17 heteroatoms. The average Bonchev–Trinajstić information content (AvgIpc) is 4.32. The Bertz CT molecular complexity index is 2900. The molecule has 84 heavy (non-hydrogen) atoms. The lowest BCUT2D eigenvalue weighted by Gasteiger charge is -2.36. The lowest BCUT2D eigenvalue weighted by molar-refractivity contribution is -0.125. The van der Waals surface area contributed by atoms with Crippen LogP contribution in [0.4, 0.5) is 17.3 Å². The van der Waals surface area contributed by atoms with E-state index in [9.17, 15) is 14.7 Å². The van der Waals surface area contributed by atoms with Crippen LogP contribution in [0.15, 0.2) is 115 Å². The number of ether oxygens (including phenoxy) is 3. The molecule has 6 aromatic rings. The van der Waals surface area contributed by atoms with Crippen molar-refractivity contribution >= 4 is 40.5 Å². The number of unbranched alkanes of at least 4 members (excludes halogenated alkanes) is 6. The van der Waals surface area contributed by atoms with Gasteiger partial charge in [-0.15, -0.1) is 11.3 Å². The Morgan fingerprint density at radius 2 is 1.39 bits per heavy atom. The van der Waals surface area contributed by atoms with Gasteiger partial charge in [0, 0.05) is 100 Å². The van der Waals surface area contributed by atoms with E-state index in [0.717, 1.165) is 130 Å². The number of amides is 2. The monoisotopic (exact) mass is 1160 g/mol. The zero-order valence-corrected chi connectivity index (χ0v) is 51.3. The van der Waals surface area contributed by atoms with Crippen molar-refractivity contribution in [2.45, 2.75) is 124 Å². The highest BCUT2D eigenvalue weighted by Gasteiger charge is 2.39. The van der Waals surface area contributed by atoms with Gasteiger partial charge in [-0.25, -0.2) is 15.0 Å². The van der Waals surface area contributed by atoms with Gasteiger partial charge in [-0.2, -0.15) is 0 Å². The van der Waals surface area contributed by atoms with Crippen molar-refractivity contribution in [2.75, 3.05) is 103 Å². The summed E-state index contributed by atoms with van der Waals surface area (Å²) in [6, 6.07) is 33.8. The van der Waals surface area contributed by atoms with Crippen molar-refractivity contribution in [3.63, 3.8) is 0 Å². The highest BCUT2D eigenvalue weighted by Crippen LogP contribution is 2.29. The second-order valence-electron chi connectivity index (χ2n) is 23.6. The third-order valence-electron chi connectivity index (χ3n) is 16.0. The van der Waals surface area contributed by atoms with E-state index in [1.54, 1.807) is 17.5 Å². The number of aliphatic hydroxyl groups excluding tert-OH is 1. The van der Waals surface area contributed by atoms with E-state index in [4.69, 9.17) is 19.2 Å². The fourth-order valence-corrected chi connectivity index (χ4v) is 11.6. The summed E-state index contributed by atoms with van der Waals surface area (Å²) in [5, 5.41) is 24.0. The van der Waals surface area contributed by atoms with Crippen molar-refractivity contribution in [1.29, 1.82) is 0 Å². The van der Waals surface area contributed by atoms with Crippen LogP contribution in [0.3, 0.4) is 0 Å². The van der Waals surface area contributed by atoms with Crippen molar-refractivity contribution in [1.82, 2.24) is 40.3 Å². The summed E-state index contributed by atoms with van der Waals surface area (Å²) >= 11 is 1.64. The van der Waals surface area contributed by atoms with Gasteiger partial charge in [0.05, 0.1) is 60.3 Å². The molecule has 0 bridgehead atoms. The number of anilines is 3. The maximum atomic E-state index is 13.5. The van der Waals surface area contributed by atoms with Crippen molar-refractivity contribution in [2.24, 2.45) is 5.41 Å². The molecule has 2 aromatic heterocycles. The number of aromatic nitrogens is 3. The van der Waals surface area contributed by atoms with Gasteiger partial charge in [0.2, 0.25) is 11.9 Å². The van der Waals surface area contributed by atoms with E-state index < -0.39 is 6.10 Å². The lowest BCUT2D eigenvalue weighted by Crippen LogP contribution is -2.52. The molecule has 2 fully saturated rings. The maximum Gasteiger partial charge on any atom is 0.255 e. The summed E-state index contributed by atoms with van der Waals surface area (Å²) in [7, 11) is 0. The Labute approximate surface area is 503 Å². The predicted molar refractivity (Wildman–Crippen MR) is 339 cm³/mol. The van der Waals surface area contributed by atoms with E-state index >= 15 is 0 Å². The number of hydrogen-bond donors (Lipinski definition) is 5. The number of β-amino-alcohol motifs (C(OH)–C–C–N with tert-alkyl or cyclic N) is 1. The van der Waals surface area contributed by atoms with Crippen LogP contribution in [0.1, 0.15) is 111 Å². The van der Waals surface area contributed by atoms with Crippen molar-refractivity contribution < 1.29 is 28.9 Å². The van der Waals surface area contributed by atoms with Crippen LogP contribution in [-0.2, 0) is 32.1 Å². The smallest absolute Gasteiger partial charge is 0.255 e. The van der Waals surface area contributed by atoms with Crippen LogP contribution in [0.25, 0.3) is 21.7 Å². The van der Waals surface area contributed by atoms with Crippen LogP contribution in [-0.4, -0.2) is 157 Å². The normalized spacial score (nSPS) is 16.5. The fraction of sp³-hybridized carbons (Fsp3) is 0.507. The van der Waals surface area contributed by atoms with Crippen LogP contribution in [0, 0.1) is 19.3 Å². The number of benzene rings is 4. The SMILES string of the molecule is Cc1ccc(NC(=O)c2ccc(CN3CCN(CCCCCCOCCOCCOCCCCCCN[C@H](CN4C[C@H](O)C[C@H]4C(=O)NCc4ccc(-c5scnc5C)cc4)C(C)(C)C)CC3)cc2)cc1Nc1nccc(-c2ccccc2)n1. The molecule has 2 aliphatic rings. The maximum absolute atomic E-state index is 13.5. The number of nitrogens with one attached hydrogen (secondary N) is 4. The molecule has 5 N–H and O–H groups in total. The molecule has 452 valence electrons. The van der Waals surface area contributed by atoms with Crippen molar-refractivity contribution in [3.05, 3.63) is 143 Å². The van der Waals surface area contributed by atoms with Crippen LogP contribution in [0.2, 0.25) is 0 Å². The lowest BCUT2D eigenvalue weighted by atomic mass is 9.86. The topological polar surface area (TPSA) is 179 Å². The summed E-state index contributed by atoms with van der Waals surface area (Å²) in [6.07, 6.45) is 10.7. The highest BCUT2D eigenvalue weighted by atomic mass is 32.1. The second-order valence-corrected chi connectivity index (χ2v) is 24.5. The van der Waals surface area contributed by atoms with Crippen LogP contribution < -0.4 is 21.3 Å². The number of hydrogen-bond acceptors (Lipinski definition) is 15. The first-order valence-corrected chi connectivity index (χ1v) is 31.5. The fourth-order valence-electron chi connectivity index (χ4n) is 10.8. The summed E-state index contributed by atoms with van der Waals surface area (Å²) in [4.78, 5) is 48.7. The number of aryl methyl sites for hydroxylation is 2. The second kappa shape index (κ2) is 33.6. The molecule has 3 atom stereocenters. The zero-order chi connectivity index (χ0) is 58.9. The summed E-state index contributed by atoms with van der Waals surface area (Å²) in [5.74, 6) is 0.319. The third-order valence-corrected chi connectivity index (χ3v) is 17.0. The Kier molecular flexibility index (Phi) is 25.6. The van der Waals surface area contributed by atoms with E-state index in [-0.39, 0.29) is 29.3 Å². The largest absolute Gasteiger partial charge is 0.392 e. The first-order chi connectivity index (χ1) is 40.8. The average molecular weight is 1170 g/mol. The molecule has 0 saturated carbocycles. The standard InChI is InChI=1S/C67H92N10O6S/c1-50-19-28-57(43-60(50)74-66-69-31-29-59(73-66)54-17-11-10-12-18-54)72-64(79)56-26-22-53(23-27-56)46-76-35-33-75(34-36-76)32-14-7-9-16-38-82-40-42-83-41-39-81-37-15-8-6-13-30-68-62(67(3,4)5)48-77-47-58(78)44-61(77)65(80)70-45-52-20-24-55(25-21-52)63-51(2)71-49-84-63/h10-12,17-29,31,43,49,58,61-62,68,78H,6-9,13-16,30,32-42,44-48H2,1-5H3,(H,70,80)(H,72,79)(H,69,73,74)/t58-,61+,62-/m1/s1. The molecule has 0 spiro atoms. The number of nitrogens with zero attached hydrogens (tertiary/aromatic N) is 6. The number of rotatable bonds is 34. The highest BCUT2D eigenvalue weighted by molar-refractivity contribution is 7.13. The quantitative estimate of drug-likeness (QED) is 0.0241. The molecule has 2 amide bonds.